The third kappa shape index (κ3) is 4.57. The lowest BCUT2D eigenvalue weighted by Crippen LogP contribution is -2.30. The quantitative estimate of drug-likeness (QED) is 0.833. The molecule has 0 aliphatic rings. The third-order valence-corrected chi connectivity index (χ3v) is 3.79. The number of aryl methyl sites for hydroxylation is 1. The summed E-state index contributed by atoms with van der Waals surface area (Å²) >= 11 is 5.96. The van der Waals surface area contributed by atoms with Gasteiger partial charge in [0.25, 0.3) is 5.91 Å². The summed E-state index contributed by atoms with van der Waals surface area (Å²) in [6, 6.07) is 12.0. The zero-order chi connectivity index (χ0) is 17.0. The molecule has 0 fully saturated rings. The van der Waals surface area contributed by atoms with Crippen molar-refractivity contribution in [1.82, 2.24) is 0 Å². The van der Waals surface area contributed by atoms with Gasteiger partial charge >= 0.3 is 0 Å². The van der Waals surface area contributed by atoms with Crippen molar-refractivity contribution >= 4 is 29.0 Å². The van der Waals surface area contributed by atoms with Crippen LogP contribution < -0.4 is 10.1 Å². The van der Waals surface area contributed by atoms with Crippen LogP contribution >= 0.6 is 11.6 Å². The van der Waals surface area contributed by atoms with Gasteiger partial charge in [0.05, 0.1) is 0 Å². The molecule has 2 aromatic rings. The van der Waals surface area contributed by atoms with E-state index in [9.17, 15) is 9.59 Å². The van der Waals surface area contributed by atoms with E-state index in [4.69, 9.17) is 16.3 Å². The first-order valence-electron chi connectivity index (χ1n) is 7.21. The zero-order valence-electron chi connectivity index (χ0n) is 13.2. The number of benzene rings is 2. The molecule has 0 aliphatic heterocycles. The summed E-state index contributed by atoms with van der Waals surface area (Å²) in [6.07, 6.45) is -0.664. The smallest absolute Gasteiger partial charge is 0.265 e. The van der Waals surface area contributed by atoms with E-state index in [1.54, 1.807) is 49.4 Å². The molecule has 0 saturated carbocycles. The van der Waals surface area contributed by atoms with Crippen LogP contribution in [0.4, 0.5) is 5.69 Å². The highest BCUT2D eigenvalue weighted by Crippen LogP contribution is 2.22. The summed E-state index contributed by atoms with van der Waals surface area (Å²) < 4.78 is 5.62. The van der Waals surface area contributed by atoms with Gasteiger partial charge in [-0.1, -0.05) is 11.6 Å². The number of anilines is 1. The Morgan fingerprint density at radius 2 is 1.78 bits per heavy atom. The van der Waals surface area contributed by atoms with Gasteiger partial charge in [-0.15, -0.1) is 0 Å². The molecule has 23 heavy (non-hydrogen) atoms. The number of halogens is 1. The Morgan fingerprint density at radius 3 is 2.35 bits per heavy atom. The molecule has 0 aliphatic carbocycles. The summed E-state index contributed by atoms with van der Waals surface area (Å²) in [4.78, 5) is 23.4. The molecule has 120 valence electrons. The number of Topliss-reactive ketones (excluding diaryl/α,β-unsaturated/α-hetero) is 1. The Morgan fingerprint density at radius 1 is 1.13 bits per heavy atom. The van der Waals surface area contributed by atoms with Crippen LogP contribution in [0.1, 0.15) is 29.8 Å². The number of nitrogens with one attached hydrogen (secondary N) is 1. The monoisotopic (exact) mass is 331 g/mol. The standard InChI is InChI=1S/C18H18ClNO3/c1-11-10-16(8-9-17(11)19)23-13(3)18(22)20-15-6-4-14(5-7-15)12(2)21/h4-10,13H,1-3H3,(H,20,22). The molecule has 0 spiro atoms. The predicted octanol–water partition coefficient (Wildman–Crippen LogP) is 4.26. The molecule has 4 nitrogen and oxygen atoms in total. The second kappa shape index (κ2) is 7.29. The first-order valence-corrected chi connectivity index (χ1v) is 7.59. The molecule has 1 unspecified atom stereocenters. The highest BCUT2D eigenvalue weighted by atomic mass is 35.5. The zero-order valence-corrected chi connectivity index (χ0v) is 14.0. The van der Waals surface area contributed by atoms with Gasteiger partial charge in [0.15, 0.2) is 11.9 Å². The minimum atomic E-state index is -0.664. The van der Waals surface area contributed by atoms with Gasteiger partial charge in [-0.25, -0.2) is 0 Å². The number of amides is 1. The Kier molecular flexibility index (Phi) is 5.40. The first-order chi connectivity index (χ1) is 10.9. The summed E-state index contributed by atoms with van der Waals surface area (Å²) in [6.45, 7) is 5.04. The summed E-state index contributed by atoms with van der Waals surface area (Å²) in [5.41, 5.74) is 2.10. The van der Waals surface area contributed by atoms with Gasteiger partial charge in [0.1, 0.15) is 5.75 Å². The summed E-state index contributed by atoms with van der Waals surface area (Å²) in [5.74, 6) is 0.298. The fraction of sp³-hybridized carbons (Fsp3) is 0.222. The average Bonchev–Trinajstić information content (AvgIpc) is 2.51. The van der Waals surface area contributed by atoms with Crippen molar-refractivity contribution in [2.24, 2.45) is 0 Å². The number of ketones is 1. The molecule has 0 aromatic heterocycles. The lowest BCUT2D eigenvalue weighted by molar-refractivity contribution is -0.122. The Labute approximate surface area is 140 Å². The second-order valence-electron chi connectivity index (χ2n) is 5.29. The van der Waals surface area contributed by atoms with Crippen molar-refractivity contribution in [1.29, 1.82) is 0 Å². The second-order valence-corrected chi connectivity index (χ2v) is 5.70. The fourth-order valence-corrected chi connectivity index (χ4v) is 2.10. The first kappa shape index (κ1) is 17.0. The number of rotatable bonds is 5. The van der Waals surface area contributed by atoms with E-state index < -0.39 is 6.10 Å². The molecule has 0 heterocycles. The highest BCUT2D eigenvalue weighted by Gasteiger charge is 2.15. The maximum Gasteiger partial charge on any atom is 0.265 e. The molecule has 0 saturated heterocycles. The summed E-state index contributed by atoms with van der Waals surface area (Å²) in [7, 11) is 0. The largest absolute Gasteiger partial charge is 0.481 e. The van der Waals surface area contributed by atoms with Crippen LogP contribution in [0.5, 0.6) is 5.75 Å². The van der Waals surface area contributed by atoms with Crippen LogP contribution in [0.2, 0.25) is 5.02 Å². The van der Waals surface area contributed by atoms with Crippen molar-refractivity contribution in [3.8, 4) is 5.75 Å². The lowest BCUT2D eigenvalue weighted by Gasteiger charge is -2.15. The molecule has 2 rings (SSSR count). The van der Waals surface area contributed by atoms with Crippen molar-refractivity contribution < 1.29 is 14.3 Å². The van der Waals surface area contributed by atoms with Crippen molar-refractivity contribution in [2.75, 3.05) is 5.32 Å². The van der Waals surface area contributed by atoms with Crippen LogP contribution in [-0.4, -0.2) is 17.8 Å². The molecule has 1 atom stereocenters. The number of ether oxygens (including phenoxy) is 1. The molecule has 1 N–H and O–H groups in total. The lowest BCUT2D eigenvalue weighted by atomic mass is 10.1. The molecular weight excluding hydrogens is 314 g/mol. The fourth-order valence-electron chi connectivity index (χ4n) is 1.98. The van der Waals surface area contributed by atoms with Crippen molar-refractivity contribution in [3.05, 3.63) is 58.6 Å². The van der Waals surface area contributed by atoms with Crippen molar-refractivity contribution in [2.45, 2.75) is 26.9 Å². The van der Waals surface area contributed by atoms with E-state index in [1.165, 1.54) is 6.92 Å². The van der Waals surface area contributed by atoms with Gasteiger partial charge < -0.3 is 10.1 Å². The van der Waals surface area contributed by atoms with Crippen LogP contribution in [0.15, 0.2) is 42.5 Å². The van der Waals surface area contributed by atoms with Crippen LogP contribution in [-0.2, 0) is 4.79 Å². The Hall–Kier alpha value is -2.33. The van der Waals surface area contributed by atoms with Gasteiger partial charge in [-0.2, -0.15) is 0 Å². The normalized spacial score (nSPS) is 11.7. The predicted molar refractivity (Wildman–Crippen MR) is 91.4 cm³/mol. The number of hydrogen-bond acceptors (Lipinski definition) is 3. The van der Waals surface area contributed by atoms with E-state index in [-0.39, 0.29) is 11.7 Å². The van der Waals surface area contributed by atoms with E-state index in [0.29, 0.717) is 22.0 Å². The van der Waals surface area contributed by atoms with Crippen LogP contribution in [0, 0.1) is 6.92 Å². The number of carbonyl (C=O) groups is 2. The SMILES string of the molecule is CC(=O)c1ccc(NC(=O)C(C)Oc2ccc(Cl)c(C)c2)cc1. The van der Waals surface area contributed by atoms with Gasteiger partial charge in [-0.3, -0.25) is 9.59 Å². The Bertz CT molecular complexity index is 726. The molecular formula is C18H18ClNO3. The highest BCUT2D eigenvalue weighted by molar-refractivity contribution is 6.31. The molecule has 0 bridgehead atoms. The number of carbonyl (C=O) groups excluding carboxylic acids is 2. The Balaban J connectivity index is 1.99. The van der Waals surface area contributed by atoms with Crippen LogP contribution in [0.25, 0.3) is 0 Å². The third-order valence-electron chi connectivity index (χ3n) is 3.37. The average molecular weight is 332 g/mol. The maximum atomic E-state index is 12.2. The van der Waals surface area contributed by atoms with Gasteiger partial charge in [0.2, 0.25) is 0 Å². The number of hydrogen-bond donors (Lipinski definition) is 1. The van der Waals surface area contributed by atoms with E-state index in [1.807, 2.05) is 6.92 Å². The minimum Gasteiger partial charge on any atom is -0.481 e. The van der Waals surface area contributed by atoms with E-state index >= 15 is 0 Å². The minimum absolute atomic E-state index is 0.0160. The van der Waals surface area contributed by atoms with Crippen LogP contribution in [0.3, 0.4) is 0 Å². The molecule has 0 radical (unpaired) electrons. The van der Waals surface area contributed by atoms with E-state index in [2.05, 4.69) is 5.32 Å². The van der Waals surface area contributed by atoms with E-state index in [0.717, 1.165) is 5.56 Å². The molecule has 2 aromatic carbocycles. The van der Waals surface area contributed by atoms with Gasteiger partial charge in [0, 0.05) is 16.3 Å². The van der Waals surface area contributed by atoms with Crippen molar-refractivity contribution in [3.63, 3.8) is 0 Å². The van der Waals surface area contributed by atoms with Gasteiger partial charge in [-0.05, 0) is 68.8 Å². The maximum absolute atomic E-state index is 12.2. The summed E-state index contributed by atoms with van der Waals surface area (Å²) in [5, 5.41) is 3.41. The molecule has 1 amide bonds. The molecule has 5 heteroatoms. The topological polar surface area (TPSA) is 55.4 Å².